The molecule has 0 bridgehead atoms. The Balaban J connectivity index is 2.18. The zero-order valence-electron chi connectivity index (χ0n) is 12.4. The van der Waals surface area contributed by atoms with E-state index in [1.165, 1.54) is 0 Å². The van der Waals surface area contributed by atoms with Crippen LogP contribution in [0.1, 0.15) is 37.8 Å². The monoisotopic (exact) mass is 263 g/mol. The summed E-state index contributed by atoms with van der Waals surface area (Å²) in [6.45, 7) is 8.38. The Hall–Kier alpha value is -1.06. The van der Waals surface area contributed by atoms with Gasteiger partial charge in [0.2, 0.25) is 0 Å². The molecule has 0 amide bonds. The highest BCUT2D eigenvalue weighted by Gasteiger charge is 2.35. The Morgan fingerprint density at radius 2 is 1.89 bits per heavy atom. The molecular weight excluding hydrogens is 238 g/mol. The second-order valence-electron chi connectivity index (χ2n) is 5.84. The molecule has 3 nitrogen and oxygen atoms in total. The number of aliphatic hydroxyl groups is 1. The van der Waals surface area contributed by atoms with Crippen LogP contribution in [-0.2, 0) is 5.60 Å². The Morgan fingerprint density at radius 3 is 2.37 bits per heavy atom. The SMILES string of the molecule is COc1ccc(C2(O)CCN(C(C)C)CC2)c(C)c1. The molecule has 19 heavy (non-hydrogen) atoms. The average molecular weight is 263 g/mol. The predicted octanol–water partition coefficient (Wildman–Crippen LogP) is 2.70. The number of rotatable bonds is 3. The molecule has 1 aromatic carbocycles. The van der Waals surface area contributed by atoms with Gasteiger partial charge in [-0.15, -0.1) is 0 Å². The van der Waals surface area contributed by atoms with E-state index in [-0.39, 0.29) is 0 Å². The fourth-order valence-corrected chi connectivity index (χ4v) is 2.96. The highest BCUT2D eigenvalue weighted by atomic mass is 16.5. The van der Waals surface area contributed by atoms with E-state index < -0.39 is 5.60 Å². The number of aryl methyl sites for hydroxylation is 1. The quantitative estimate of drug-likeness (QED) is 0.910. The third-order valence-electron chi connectivity index (χ3n) is 4.29. The van der Waals surface area contributed by atoms with Gasteiger partial charge in [0.25, 0.3) is 0 Å². The van der Waals surface area contributed by atoms with Gasteiger partial charge in [-0.3, -0.25) is 0 Å². The zero-order chi connectivity index (χ0) is 14.0. The minimum atomic E-state index is -0.679. The van der Waals surface area contributed by atoms with Crippen molar-refractivity contribution < 1.29 is 9.84 Å². The lowest BCUT2D eigenvalue weighted by molar-refractivity contribution is -0.0328. The summed E-state index contributed by atoms with van der Waals surface area (Å²) in [5, 5.41) is 10.9. The second kappa shape index (κ2) is 5.51. The largest absolute Gasteiger partial charge is 0.497 e. The lowest BCUT2D eigenvalue weighted by atomic mass is 9.82. The molecule has 0 aromatic heterocycles. The van der Waals surface area contributed by atoms with E-state index in [4.69, 9.17) is 4.74 Å². The van der Waals surface area contributed by atoms with Crippen LogP contribution in [-0.4, -0.2) is 36.2 Å². The first-order valence-electron chi connectivity index (χ1n) is 7.08. The number of nitrogens with zero attached hydrogens (tertiary/aromatic N) is 1. The third-order valence-corrected chi connectivity index (χ3v) is 4.29. The summed E-state index contributed by atoms with van der Waals surface area (Å²) < 4.78 is 5.23. The number of methoxy groups -OCH3 is 1. The van der Waals surface area contributed by atoms with Gasteiger partial charge in [0.15, 0.2) is 0 Å². The standard InChI is InChI=1S/C16H25NO2/c1-12(2)17-9-7-16(18,8-10-17)15-6-5-14(19-4)11-13(15)3/h5-6,11-12,18H,7-10H2,1-4H3. The van der Waals surface area contributed by atoms with Gasteiger partial charge in [0, 0.05) is 19.1 Å². The number of benzene rings is 1. The molecule has 2 rings (SSSR count). The number of ether oxygens (including phenoxy) is 1. The van der Waals surface area contributed by atoms with E-state index in [1.54, 1.807) is 7.11 Å². The molecule has 0 atom stereocenters. The summed E-state index contributed by atoms with van der Waals surface area (Å²) in [5.74, 6) is 0.851. The summed E-state index contributed by atoms with van der Waals surface area (Å²) >= 11 is 0. The van der Waals surface area contributed by atoms with Crippen molar-refractivity contribution in [1.29, 1.82) is 0 Å². The van der Waals surface area contributed by atoms with Crippen molar-refractivity contribution in [1.82, 2.24) is 4.90 Å². The second-order valence-corrected chi connectivity index (χ2v) is 5.84. The Labute approximate surface area is 116 Å². The maximum atomic E-state index is 10.9. The Morgan fingerprint density at radius 1 is 1.26 bits per heavy atom. The van der Waals surface area contributed by atoms with Crippen LogP contribution in [0.5, 0.6) is 5.75 Å². The van der Waals surface area contributed by atoms with Crippen LogP contribution in [0.2, 0.25) is 0 Å². The molecule has 106 valence electrons. The van der Waals surface area contributed by atoms with Gasteiger partial charge in [-0.25, -0.2) is 0 Å². The van der Waals surface area contributed by atoms with E-state index in [0.29, 0.717) is 6.04 Å². The smallest absolute Gasteiger partial charge is 0.119 e. The van der Waals surface area contributed by atoms with Gasteiger partial charge < -0.3 is 14.7 Å². The highest BCUT2D eigenvalue weighted by molar-refractivity contribution is 5.38. The lowest BCUT2D eigenvalue weighted by Gasteiger charge is -2.41. The van der Waals surface area contributed by atoms with E-state index in [1.807, 2.05) is 25.1 Å². The molecule has 0 saturated carbocycles. The van der Waals surface area contributed by atoms with Gasteiger partial charge in [-0.05, 0) is 56.9 Å². The summed E-state index contributed by atoms with van der Waals surface area (Å²) in [7, 11) is 1.67. The van der Waals surface area contributed by atoms with Gasteiger partial charge >= 0.3 is 0 Å². The third kappa shape index (κ3) is 2.93. The van der Waals surface area contributed by atoms with E-state index in [2.05, 4.69) is 18.7 Å². The predicted molar refractivity (Wildman–Crippen MR) is 77.6 cm³/mol. The molecule has 0 radical (unpaired) electrons. The van der Waals surface area contributed by atoms with Crippen LogP contribution in [0.3, 0.4) is 0 Å². The van der Waals surface area contributed by atoms with Gasteiger partial charge in [0.05, 0.1) is 12.7 Å². The Bertz CT molecular complexity index is 434. The topological polar surface area (TPSA) is 32.7 Å². The van der Waals surface area contributed by atoms with Crippen molar-refractivity contribution in [2.24, 2.45) is 0 Å². The molecule has 1 aliphatic heterocycles. The van der Waals surface area contributed by atoms with E-state index in [9.17, 15) is 5.11 Å². The van der Waals surface area contributed by atoms with Crippen molar-refractivity contribution in [3.63, 3.8) is 0 Å². The van der Waals surface area contributed by atoms with E-state index in [0.717, 1.165) is 42.8 Å². The maximum Gasteiger partial charge on any atom is 0.119 e. The Kier molecular flexibility index (Phi) is 4.16. The van der Waals surface area contributed by atoms with Crippen LogP contribution < -0.4 is 4.74 Å². The van der Waals surface area contributed by atoms with Crippen LogP contribution in [0, 0.1) is 6.92 Å². The van der Waals surface area contributed by atoms with Gasteiger partial charge in [-0.1, -0.05) is 6.07 Å². The minimum absolute atomic E-state index is 0.557. The molecule has 0 aliphatic carbocycles. The molecule has 1 saturated heterocycles. The summed E-state index contributed by atoms with van der Waals surface area (Å²) in [6.07, 6.45) is 1.61. The number of hydrogen-bond acceptors (Lipinski definition) is 3. The number of hydrogen-bond donors (Lipinski definition) is 1. The van der Waals surface area contributed by atoms with Crippen LogP contribution in [0.15, 0.2) is 18.2 Å². The normalized spacial score (nSPS) is 19.7. The average Bonchev–Trinajstić information content (AvgIpc) is 2.38. The molecule has 1 aromatic rings. The van der Waals surface area contributed by atoms with Gasteiger partial charge in [0.1, 0.15) is 5.75 Å². The molecule has 1 aliphatic rings. The number of piperidine rings is 1. The maximum absolute atomic E-state index is 10.9. The summed E-state index contributed by atoms with van der Waals surface area (Å²) in [6, 6.07) is 6.51. The molecule has 1 heterocycles. The van der Waals surface area contributed by atoms with Crippen LogP contribution >= 0.6 is 0 Å². The van der Waals surface area contributed by atoms with Crippen molar-refractivity contribution in [2.45, 2.75) is 45.3 Å². The first-order chi connectivity index (χ1) is 8.96. The van der Waals surface area contributed by atoms with Crippen LogP contribution in [0.4, 0.5) is 0 Å². The number of likely N-dealkylation sites (tertiary alicyclic amines) is 1. The molecule has 3 heteroatoms. The molecule has 0 unspecified atom stereocenters. The zero-order valence-corrected chi connectivity index (χ0v) is 12.4. The molecule has 1 fully saturated rings. The fourth-order valence-electron chi connectivity index (χ4n) is 2.96. The molecular formula is C16H25NO2. The van der Waals surface area contributed by atoms with Crippen LogP contribution in [0.25, 0.3) is 0 Å². The van der Waals surface area contributed by atoms with Gasteiger partial charge in [-0.2, -0.15) is 0 Å². The first kappa shape index (κ1) is 14.4. The first-order valence-corrected chi connectivity index (χ1v) is 7.08. The fraction of sp³-hybridized carbons (Fsp3) is 0.625. The van der Waals surface area contributed by atoms with Crippen molar-refractivity contribution in [3.8, 4) is 5.75 Å². The van der Waals surface area contributed by atoms with Crippen molar-refractivity contribution in [2.75, 3.05) is 20.2 Å². The molecule has 0 spiro atoms. The lowest BCUT2D eigenvalue weighted by Crippen LogP contribution is -2.45. The highest BCUT2D eigenvalue weighted by Crippen LogP contribution is 2.36. The van der Waals surface area contributed by atoms with E-state index >= 15 is 0 Å². The minimum Gasteiger partial charge on any atom is -0.497 e. The van der Waals surface area contributed by atoms with Crippen molar-refractivity contribution >= 4 is 0 Å². The van der Waals surface area contributed by atoms with Crippen molar-refractivity contribution in [3.05, 3.63) is 29.3 Å². The molecule has 1 N–H and O–H groups in total. The summed E-state index contributed by atoms with van der Waals surface area (Å²) in [4.78, 5) is 2.42. The summed E-state index contributed by atoms with van der Waals surface area (Å²) in [5.41, 5.74) is 1.48.